The van der Waals surface area contributed by atoms with Crippen molar-refractivity contribution >= 4 is 0 Å². The fraction of sp³-hybridized carbons (Fsp3) is 0.600. The highest BCUT2D eigenvalue weighted by Gasteiger charge is 2.22. The van der Waals surface area contributed by atoms with Crippen LogP contribution in [0.25, 0.3) is 0 Å². The third kappa shape index (κ3) is 3.55. The molecular weight excluding hydrogens is 210 g/mol. The van der Waals surface area contributed by atoms with Gasteiger partial charge in [0.05, 0.1) is 6.61 Å². The molecule has 1 saturated heterocycles. The topological polar surface area (TPSA) is 23.5 Å². The number of hydrogen-bond acceptors (Lipinski definition) is 2. The van der Waals surface area contributed by atoms with E-state index in [1.807, 2.05) is 0 Å². The third-order valence-electron chi connectivity index (χ3n) is 3.90. The lowest BCUT2D eigenvalue weighted by atomic mass is 9.90. The maximum absolute atomic E-state index is 9.15. The predicted molar refractivity (Wildman–Crippen MR) is 71.0 cm³/mol. The Kier molecular flexibility index (Phi) is 4.57. The zero-order valence-electron chi connectivity index (χ0n) is 10.7. The SMILES string of the molecule is CC(CO)N1CCC(Cc2ccccc2)CC1. The molecule has 1 fully saturated rings. The average molecular weight is 233 g/mol. The number of aliphatic hydroxyl groups is 1. The van der Waals surface area contributed by atoms with Gasteiger partial charge in [-0.2, -0.15) is 0 Å². The van der Waals surface area contributed by atoms with Gasteiger partial charge in [-0.1, -0.05) is 30.3 Å². The van der Waals surface area contributed by atoms with Crippen LogP contribution >= 0.6 is 0 Å². The Morgan fingerprint density at radius 3 is 2.47 bits per heavy atom. The Morgan fingerprint density at radius 2 is 1.88 bits per heavy atom. The van der Waals surface area contributed by atoms with Gasteiger partial charge in [0.1, 0.15) is 0 Å². The molecule has 0 aromatic heterocycles. The first-order chi connectivity index (χ1) is 8.29. The van der Waals surface area contributed by atoms with Gasteiger partial charge in [0.25, 0.3) is 0 Å². The number of likely N-dealkylation sites (tertiary alicyclic amines) is 1. The highest BCUT2D eigenvalue weighted by Crippen LogP contribution is 2.22. The number of nitrogens with zero attached hydrogens (tertiary/aromatic N) is 1. The molecule has 0 bridgehead atoms. The zero-order chi connectivity index (χ0) is 12.1. The second-order valence-corrected chi connectivity index (χ2v) is 5.20. The van der Waals surface area contributed by atoms with Gasteiger partial charge in [0.2, 0.25) is 0 Å². The number of rotatable bonds is 4. The molecule has 1 unspecified atom stereocenters. The summed E-state index contributed by atoms with van der Waals surface area (Å²) in [5, 5.41) is 9.15. The largest absolute Gasteiger partial charge is 0.395 e. The minimum atomic E-state index is 0.281. The Bertz CT molecular complexity index is 317. The Labute approximate surface area is 104 Å². The minimum absolute atomic E-state index is 0.281. The molecule has 94 valence electrons. The molecule has 2 nitrogen and oxygen atoms in total. The van der Waals surface area contributed by atoms with Crippen molar-refractivity contribution in [2.24, 2.45) is 5.92 Å². The van der Waals surface area contributed by atoms with Crippen LogP contribution in [0.4, 0.5) is 0 Å². The van der Waals surface area contributed by atoms with E-state index >= 15 is 0 Å². The average Bonchev–Trinajstić information content (AvgIpc) is 2.40. The van der Waals surface area contributed by atoms with Gasteiger partial charge < -0.3 is 5.11 Å². The highest BCUT2D eigenvalue weighted by atomic mass is 16.3. The molecule has 1 aromatic rings. The second-order valence-electron chi connectivity index (χ2n) is 5.20. The van der Waals surface area contributed by atoms with Crippen molar-refractivity contribution in [1.29, 1.82) is 0 Å². The quantitative estimate of drug-likeness (QED) is 0.862. The predicted octanol–water partition coefficient (Wildman–Crippen LogP) is 2.32. The van der Waals surface area contributed by atoms with Gasteiger partial charge in [0, 0.05) is 6.04 Å². The van der Waals surface area contributed by atoms with E-state index in [1.165, 1.54) is 24.8 Å². The smallest absolute Gasteiger partial charge is 0.0584 e. The van der Waals surface area contributed by atoms with Crippen molar-refractivity contribution in [3.05, 3.63) is 35.9 Å². The molecule has 1 aliphatic rings. The maximum Gasteiger partial charge on any atom is 0.0584 e. The molecule has 2 heteroatoms. The van der Waals surface area contributed by atoms with Crippen molar-refractivity contribution in [2.75, 3.05) is 19.7 Å². The fourth-order valence-electron chi connectivity index (χ4n) is 2.66. The number of hydrogen-bond donors (Lipinski definition) is 1. The van der Waals surface area contributed by atoms with Crippen LogP contribution in [0.1, 0.15) is 25.3 Å². The second kappa shape index (κ2) is 6.18. The molecular formula is C15H23NO. The van der Waals surface area contributed by atoms with E-state index in [0.717, 1.165) is 19.0 Å². The van der Waals surface area contributed by atoms with Crippen molar-refractivity contribution in [2.45, 2.75) is 32.2 Å². The van der Waals surface area contributed by atoms with Crippen LogP contribution in [0.2, 0.25) is 0 Å². The molecule has 0 amide bonds. The minimum Gasteiger partial charge on any atom is -0.395 e. The third-order valence-corrected chi connectivity index (χ3v) is 3.90. The molecule has 2 rings (SSSR count). The van der Waals surface area contributed by atoms with Gasteiger partial charge in [-0.3, -0.25) is 4.90 Å². The van der Waals surface area contributed by atoms with Crippen LogP contribution < -0.4 is 0 Å². The summed E-state index contributed by atoms with van der Waals surface area (Å²) in [6, 6.07) is 11.1. The van der Waals surface area contributed by atoms with E-state index in [2.05, 4.69) is 42.2 Å². The molecule has 17 heavy (non-hydrogen) atoms. The first-order valence-electron chi connectivity index (χ1n) is 6.68. The van der Waals surface area contributed by atoms with E-state index in [9.17, 15) is 0 Å². The summed E-state index contributed by atoms with van der Waals surface area (Å²) in [5.74, 6) is 0.819. The Hall–Kier alpha value is -0.860. The lowest BCUT2D eigenvalue weighted by molar-refractivity contribution is 0.0964. The molecule has 0 spiro atoms. The molecule has 1 aliphatic heterocycles. The summed E-state index contributed by atoms with van der Waals surface area (Å²) >= 11 is 0. The van der Waals surface area contributed by atoms with Gasteiger partial charge in [0.15, 0.2) is 0 Å². The first kappa shape index (κ1) is 12.6. The first-order valence-corrected chi connectivity index (χ1v) is 6.68. The summed E-state index contributed by atoms with van der Waals surface area (Å²) < 4.78 is 0. The lowest BCUT2D eigenvalue weighted by Gasteiger charge is -2.35. The van der Waals surface area contributed by atoms with E-state index in [0.29, 0.717) is 6.04 Å². The van der Waals surface area contributed by atoms with E-state index in [4.69, 9.17) is 5.11 Å². The summed E-state index contributed by atoms with van der Waals surface area (Å²) in [6.45, 7) is 4.67. The lowest BCUT2D eigenvalue weighted by Crippen LogP contribution is -2.42. The summed E-state index contributed by atoms with van der Waals surface area (Å²) in [4.78, 5) is 2.40. The van der Waals surface area contributed by atoms with Crippen molar-refractivity contribution in [1.82, 2.24) is 4.90 Å². The van der Waals surface area contributed by atoms with Gasteiger partial charge in [-0.05, 0) is 50.8 Å². The normalized spacial score (nSPS) is 20.4. The van der Waals surface area contributed by atoms with E-state index in [-0.39, 0.29) is 6.61 Å². The zero-order valence-corrected chi connectivity index (χ0v) is 10.7. The van der Waals surface area contributed by atoms with E-state index in [1.54, 1.807) is 0 Å². The van der Waals surface area contributed by atoms with Gasteiger partial charge >= 0.3 is 0 Å². The van der Waals surface area contributed by atoms with Crippen molar-refractivity contribution in [3.8, 4) is 0 Å². The van der Waals surface area contributed by atoms with Crippen LogP contribution in [0, 0.1) is 5.92 Å². The number of benzene rings is 1. The van der Waals surface area contributed by atoms with Crippen LogP contribution in [0.5, 0.6) is 0 Å². The molecule has 0 saturated carbocycles. The molecule has 0 radical (unpaired) electrons. The molecule has 1 heterocycles. The summed E-state index contributed by atoms with van der Waals surface area (Å²) in [7, 11) is 0. The molecule has 1 N–H and O–H groups in total. The summed E-state index contributed by atoms with van der Waals surface area (Å²) in [6.07, 6.45) is 3.74. The highest BCUT2D eigenvalue weighted by molar-refractivity contribution is 5.15. The maximum atomic E-state index is 9.15. The van der Waals surface area contributed by atoms with Gasteiger partial charge in [-0.15, -0.1) is 0 Å². The van der Waals surface area contributed by atoms with Crippen LogP contribution in [0.15, 0.2) is 30.3 Å². The van der Waals surface area contributed by atoms with E-state index < -0.39 is 0 Å². The summed E-state index contributed by atoms with van der Waals surface area (Å²) in [5.41, 5.74) is 1.46. The Balaban J connectivity index is 1.80. The Morgan fingerprint density at radius 1 is 1.24 bits per heavy atom. The van der Waals surface area contributed by atoms with Gasteiger partial charge in [-0.25, -0.2) is 0 Å². The standard InChI is InChI=1S/C15H23NO/c1-13(12-17)16-9-7-15(8-10-16)11-14-5-3-2-4-6-14/h2-6,13,15,17H,7-12H2,1H3. The fourth-order valence-corrected chi connectivity index (χ4v) is 2.66. The van der Waals surface area contributed by atoms with Crippen LogP contribution in [-0.2, 0) is 6.42 Å². The molecule has 0 aliphatic carbocycles. The van der Waals surface area contributed by atoms with Crippen LogP contribution in [-0.4, -0.2) is 35.7 Å². The van der Waals surface area contributed by atoms with Crippen molar-refractivity contribution < 1.29 is 5.11 Å². The monoisotopic (exact) mass is 233 g/mol. The molecule has 1 atom stereocenters. The van der Waals surface area contributed by atoms with Crippen molar-refractivity contribution in [3.63, 3.8) is 0 Å². The number of aliphatic hydroxyl groups excluding tert-OH is 1. The number of piperidine rings is 1. The van der Waals surface area contributed by atoms with Crippen LogP contribution in [0.3, 0.4) is 0 Å². The molecule has 1 aromatic carbocycles.